The Bertz CT molecular complexity index is 1140. The molecule has 0 bridgehead atoms. The van der Waals surface area contributed by atoms with E-state index in [-0.39, 0.29) is 23.7 Å². The summed E-state index contributed by atoms with van der Waals surface area (Å²) in [6, 6.07) is 13.8. The number of carbonyl (C=O) groups excluding carboxylic acids is 1. The Balaban J connectivity index is 1.82. The molecule has 3 aromatic rings. The number of nitrogens with zero attached hydrogens (tertiary/aromatic N) is 3. The predicted molar refractivity (Wildman–Crippen MR) is 109 cm³/mol. The standard InChI is InChI=1S/C20H18N4O6/c1-29-15-6-3-13(4-7-15)16-8-10-20(26)23(22-16)12-19(25)21-17-11-14(24(27)28)5-9-18(17)30-2/h3-11H,12H2,1-2H3,(H,21,25). The zero-order valence-corrected chi connectivity index (χ0v) is 16.2. The monoisotopic (exact) mass is 410 g/mol. The van der Waals surface area contributed by atoms with Crippen molar-refractivity contribution in [3.8, 4) is 22.8 Å². The van der Waals surface area contributed by atoms with Gasteiger partial charge in [0.25, 0.3) is 11.2 Å². The Hall–Kier alpha value is -4.21. The van der Waals surface area contributed by atoms with E-state index in [1.165, 1.54) is 31.4 Å². The predicted octanol–water partition coefficient (Wildman–Crippen LogP) is 2.47. The summed E-state index contributed by atoms with van der Waals surface area (Å²) in [6.45, 7) is -0.380. The smallest absolute Gasteiger partial charge is 0.271 e. The first kappa shape index (κ1) is 20.5. The molecule has 0 fully saturated rings. The number of nitrogens with one attached hydrogen (secondary N) is 1. The van der Waals surface area contributed by atoms with Gasteiger partial charge in [-0.2, -0.15) is 5.10 Å². The first-order chi connectivity index (χ1) is 14.4. The van der Waals surface area contributed by atoms with Crippen LogP contribution in [0.25, 0.3) is 11.3 Å². The lowest BCUT2D eigenvalue weighted by molar-refractivity contribution is -0.384. The molecule has 1 amide bonds. The maximum Gasteiger partial charge on any atom is 0.271 e. The third-order valence-corrected chi connectivity index (χ3v) is 4.21. The van der Waals surface area contributed by atoms with E-state index in [1.54, 1.807) is 37.4 Å². The molecule has 1 N–H and O–H groups in total. The SMILES string of the molecule is COc1ccc(-c2ccc(=O)n(CC(=O)Nc3cc([N+](=O)[O-])ccc3OC)n2)cc1. The number of nitro benzene ring substituents is 1. The fourth-order valence-corrected chi connectivity index (χ4v) is 2.71. The molecule has 154 valence electrons. The topological polar surface area (TPSA) is 126 Å². The molecule has 0 spiro atoms. The third-order valence-electron chi connectivity index (χ3n) is 4.21. The van der Waals surface area contributed by atoms with Crippen molar-refractivity contribution >= 4 is 17.3 Å². The summed E-state index contributed by atoms with van der Waals surface area (Å²) >= 11 is 0. The van der Waals surface area contributed by atoms with Crippen LogP contribution in [0.1, 0.15) is 0 Å². The Labute approximate surface area is 170 Å². The van der Waals surface area contributed by atoms with Gasteiger partial charge < -0.3 is 14.8 Å². The molecule has 1 aromatic heterocycles. The van der Waals surface area contributed by atoms with Crippen molar-refractivity contribution in [3.63, 3.8) is 0 Å². The maximum absolute atomic E-state index is 12.5. The summed E-state index contributed by atoms with van der Waals surface area (Å²) in [5, 5.41) is 17.7. The summed E-state index contributed by atoms with van der Waals surface area (Å²) in [6.07, 6.45) is 0. The average molecular weight is 410 g/mol. The van der Waals surface area contributed by atoms with E-state index in [0.29, 0.717) is 11.4 Å². The number of rotatable bonds is 7. The maximum atomic E-state index is 12.5. The molecule has 2 aromatic carbocycles. The number of benzene rings is 2. The molecule has 3 rings (SSSR count). The molecule has 10 nitrogen and oxygen atoms in total. The third kappa shape index (κ3) is 4.61. The van der Waals surface area contributed by atoms with Crippen LogP contribution in [0.5, 0.6) is 11.5 Å². The number of methoxy groups -OCH3 is 2. The quantitative estimate of drug-likeness (QED) is 0.468. The van der Waals surface area contributed by atoms with Gasteiger partial charge in [-0.15, -0.1) is 0 Å². The molecule has 30 heavy (non-hydrogen) atoms. The second-order valence-corrected chi connectivity index (χ2v) is 6.13. The van der Waals surface area contributed by atoms with Crippen molar-refractivity contribution in [2.24, 2.45) is 0 Å². The lowest BCUT2D eigenvalue weighted by atomic mass is 10.1. The number of aromatic nitrogens is 2. The van der Waals surface area contributed by atoms with Crippen molar-refractivity contribution < 1.29 is 19.2 Å². The van der Waals surface area contributed by atoms with Gasteiger partial charge in [0, 0.05) is 23.8 Å². The Morgan fingerprint density at radius 3 is 2.47 bits per heavy atom. The first-order valence-corrected chi connectivity index (χ1v) is 8.76. The van der Waals surface area contributed by atoms with Crippen molar-refractivity contribution in [2.45, 2.75) is 6.54 Å². The molecule has 0 saturated heterocycles. The van der Waals surface area contributed by atoms with Gasteiger partial charge in [0.1, 0.15) is 18.0 Å². The Morgan fingerprint density at radius 2 is 1.83 bits per heavy atom. The molecular formula is C20H18N4O6. The van der Waals surface area contributed by atoms with Crippen LogP contribution in [0.15, 0.2) is 59.4 Å². The van der Waals surface area contributed by atoms with Crippen molar-refractivity contribution in [2.75, 3.05) is 19.5 Å². The number of hydrogen-bond acceptors (Lipinski definition) is 7. The van der Waals surface area contributed by atoms with Crippen LogP contribution in [-0.2, 0) is 11.3 Å². The molecular weight excluding hydrogens is 392 g/mol. The van der Waals surface area contributed by atoms with Crippen molar-refractivity contribution in [3.05, 3.63) is 75.1 Å². The highest BCUT2D eigenvalue weighted by molar-refractivity contribution is 5.92. The molecule has 0 atom stereocenters. The molecule has 10 heteroatoms. The fraction of sp³-hybridized carbons (Fsp3) is 0.150. The van der Waals surface area contributed by atoms with E-state index >= 15 is 0 Å². The molecule has 0 aliphatic heterocycles. The molecule has 0 aliphatic rings. The van der Waals surface area contributed by atoms with Crippen LogP contribution < -0.4 is 20.3 Å². The lowest BCUT2D eigenvalue weighted by Gasteiger charge is -2.11. The highest BCUT2D eigenvalue weighted by Crippen LogP contribution is 2.28. The number of hydrogen-bond donors (Lipinski definition) is 1. The molecule has 0 aliphatic carbocycles. The largest absolute Gasteiger partial charge is 0.497 e. The van der Waals surface area contributed by atoms with Gasteiger partial charge in [-0.05, 0) is 36.4 Å². The number of amides is 1. The van der Waals surface area contributed by atoms with Crippen LogP contribution in [0.3, 0.4) is 0 Å². The van der Waals surface area contributed by atoms with Gasteiger partial charge in [0.05, 0.1) is 30.5 Å². The van der Waals surface area contributed by atoms with Gasteiger partial charge in [0.15, 0.2) is 0 Å². The fourth-order valence-electron chi connectivity index (χ4n) is 2.71. The van der Waals surface area contributed by atoms with E-state index < -0.39 is 16.4 Å². The minimum absolute atomic E-state index is 0.121. The van der Waals surface area contributed by atoms with Crippen LogP contribution >= 0.6 is 0 Å². The van der Waals surface area contributed by atoms with Gasteiger partial charge in [-0.1, -0.05) is 0 Å². The van der Waals surface area contributed by atoms with Gasteiger partial charge >= 0.3 is 0 Å². The van der Waals surface area contributed by atoms with E-state index in [0.717, 1.165) is 10.2 Å². The van der Waals surface area contributed by atoms with Crippen LogP contribution in [0, 0.1) is 10.1 Å². The second kappa shape index (κ2) is 8.86. The number of nitro groups is 1. The highest BCUT2D eigenvalue weighted by Gasteiger charge is 2.15. The zero-order chi connectivity index (χ0) is 21.7. The van der Waals surface area contributed by atoms with Gasteiger partial charge in [-0.3, -0.25) is 19.7 Å². The van der Waals surface area contributed by atoms with Crippen LogP contribution in [-0.4, -0.2) is 34.8 Å². The van der Waals surface area contributed by atoms with Crippen LogP contribution in [0.4, 0.5) is 11.4 Å². The van der Waals surface area contributed by atoms with Gasteiger partial charge in [0.2, 0.25) is 5.91 Å². The molecule has 0 unspecified atom stereocenters. The molecule has 1 heterocycles. The number of anilines is 1. The van der Waals surface area contributed by atoms with E-state index in [2.05, 4.69) is 10.4 Å². The van der Waals surface area contributed by atoms with Gasteiger partial charge in [-0.25, -0.2) is 4.68 Å². The average Bonchev–Trinajstić information content (AvgIpc) is 2.75. The summed E-state index contributed by atoms with van der Waals surface area (Å²) < 4.78 is 11.2. The molecule has 0 saturated carbocycles. The van der Waals surface area contributed by atoms with E-state index in [1.807, 2.05) is 0 Å². The Kier molecular flexibility index (Phi) is 6.06. The summed E-state index contributed by atoms with van der Waals surface area (Å²) in [5.74, 6) is 0.342. The summed E-state index contributed by atoms with van der Waals surface area (Å²) in [5.41, 5.74) is 0.690. The first-order valence-electron chi connectivity index (χ1n) is 8.76. The lowest BCUT2D eigenvalue weighted by Crippen LogP contribution is -2.29. The summed E-state index contributed by atoms with van der Waals surface area (Å²) in [7, 11) is 2.93. The normalized spacial score (nSPS) is 10.3. The minimum Gasteiger partial charge on any atom is -0.497 e. The minimum atomic E-state index is -0.588. The number of ether oxygens (including phenoxy) is 2. The van der Waals surface area contributed by atoms with Crippen molar-refractivity contribution in [1.82, 2.24) is 9.78 Å². The Morgan fingerprint density at radius 1 is 1.10 bits per heavy atom. The number of carbonyl (C=O) groups is 1. The van der Waals surface area contributed by atoms with Crippen molar-refractivity contribution in [1.29, 1.82) is 0 Å². The zero-order valence-electron chi connectivity index (χ0n) is 16.2. The van der Waals surface area contributed by atoms with E-state index in [4.69, 9.17) is 9.47 Å². The van der Waals surface area contributed by atoms with E-state index in [9.17, 15) is 19.7 Å². The molecule has 0 radical (unpaired) electrons. The number of non-ortho nitro benzene ring substituents is 1. The second-order valence-electron chi connectivity index (χ2n) is 6.13. The summed E-state index contributed by atoms with van der Waals surface area (Å²) in [4.78, 5) is 35.0. The van der Waals surface area contributed by atoms with Crippen LogP contribution in [0.2, 0.25) is 0 Å². The highest BCUT2D eigenvalue weighted by atomic mass is 16.6.